The van der Waals surface area contributed by atoms with Crippen molar-refractivity contribution in [1.82, 2.24) is 0 Å². The molecule has 0 amide bonds. The molecule has 1 rings (SSSR count). The third kappa shape index (κ3) is 1.94. The second-order valence-corrected chi connectivity index (χ2v) is 4.00. The Balaban J connectivity index is 3.20. The molecule has 0 aromatic heterocycles. The van der Waals surface area contributed by atoms with Crippen molar-refractivity contribution >= 4 is 0 Å². The summed E-state index contributed by atoms with van der Waals surface area (Å²) in [5.74, 6) is 0. The Bertz CT molecular complexity index is 372. The maximum atomic E-state index is 8.69. The number of aryl methyl sites for hydroxylation is 1. The highest BCUT2D eigenvalue weighted by Crippen LogP contribution is 2.26. The van der Waals surface area contributed by atoms with Crippen molar-refractivity contribution in [2.24, 2.45) is 5.73 Å². The van der Waals surface area contributed by atoms with E-state index in [-0.39, 0.29) is 0 Å². The lowest BCUT2D eigenvalue weighted by Gasteiger charge is -2.24. The van der Waals surface area contributed by atoms with Crippen LogP contribution in [-0.4, -0.2) is 0 Å². The van der Waals surface area contributed by atoms with E-state index in [1.54, 1.807) is 0 Å². The molecule has 0 spiro atoms. The van der Waals surface area contributed by atoms with Gasteiger partial charge in [0.2, 0.25) is 0 Å². The molecule has 0 fully saturated rings. The fourth-order valence-electron chi connectivity index (χ4n) is 1.63. The summed E-state index contributed by atoms with van der Waals surface area (Å²) in [4.78, 5) is 0. The molecule has 0 heterocycles. The zero-order chi connectivity index (χ0) is 10.8. The second kappa shape index (κ2) is 3.81. The van der Waals surface area contributed by atoms with Crippen LogP contribution in [-0.2, 0) is 5.54 Å². The molecular formula is C12H16N2. The van der Waals surface area contributed by atoms with Gasteiger partial charge in [-0.25, -0.2) is 0 Å². The van der Waals surface area contributed by atoms with Gasteiger partial charge < -0.3 is 5.73 Å². The Hall–Kier alpha value is -1.33. The van der Waals surface area contributed by atoms with Gasteiger partial charge >= 0.3 is 0 Å². The summed E-state index contributed by atoms with van der Waals surface area (Å²) in [5, 5.41) is 8.69. The summed E-state index contributed by atoms with van der Waals surface area (Å²) in [5.41, 5.74) is 9.03. The standard InChI is InChI=1S/C12H16N2/c1-9-5-4-6-11(10(9)2)12(3,14)7-8-13/h4-6H,7,14H2,1-3H3. The van der Waals surface area contributed by atoms with Gasteiger partial charge in [0, 0.05) is 0 Å². The minimum Gasteiger partial charge on any atom is -0.321 e. The Labute approximate surface area is 85.4 Å². The maximum Gasteiger partial charge on any atom is 0.0644 e. The van der Waals surface area contributed by atoms with Crippen LogP contribution < -0.4 is 5.73 Å². The summed E-state index contributed by atoms with van der Waals surface area (Å²) in [6.07, 6.45) is 0.345. The first-order valence-electron chi connectivity index (χ1n) is 4.71. The van der Waals surface area contributed by atoms with Gasteiger partial charge in [-0.1, -0.05) is 18.2 Å². The van der Waals surface area contributed by atoms with E-state index in [1.165, 1.54) is 11.1 Å². The normalized spacial score (nSPS) is 14.5. The van der Waals surface area contributed by atoms with E-state index in [1.807, 2.05) is 26.0 Å². The summed E-state index contributed by atoms with van der Waals surface area (Å²) in [6.45, 7) is 6.01. The number of nitrogens with two attached hydrogens (primary N) is 1. The van der Waals surface area contributed by atoms with Crippen LogP contribution in [0.4, 0.5) is 0 Å². The molecule has 2 N–H and O–H groups in total. The Morgan fingerprint density at radius 1 is 1.43 bits per heavy atom. The van der Waals surface area contributed by atoms with Crippen LogP contribution in [0.1, 0.15) is 30.0 Å². The third-order valence-corrected chi connectivity index (χ3v) is 2.67. The molecule has 2 nitrogen and oxygen atoms in total. The number of nitriles is 1. The predicted octanol–water partition coefficient (Wildman–Crippen LogP) is 2.39. The van der Waals surface area contributed by atoms with Crippen LogP contribution in [0, 0.1) is 25.2 Å². The van der Waals surface area contributed by atoms with Crippen molar-refractivity contribution in [3.63, 3.8) is 0 Å². The highest BCUT2D eigenvalue weighted by Gasteiger charge is 2.22. The second-order valence-electron chi connectivity index (χ2n) is 4.00. The predicted molar refractivity (Wildman–Crippen MR) is 57.7 cm³/mol. The van der Waals surface area contributed by atoms with Gasteiger partial charge in [-0.2, -0.15) is 5.26 Å². The van der Waals surface area contributed by atoms with Gasteiger partial charge in [0.15, 0.2) is 0 Å². The summed E-state index contributed by atoms with van der Waals surface area (Å²) >= 11 is 0. The zero-order valence-corrected chi connectivity index (χ0v) is 8.96. The van der Waals surface area contributed by atoms with Crippen molar-refractivity contribution < 1.29 is 0 Å². The molecular weight excluding hydrogens is 172 g/mol. The number of rotatable bonds is 2. The average molecular weight is 188 g/mol. The van der Waals surface area contributed by atoms with E-state index in [2.05, 4.69) is 19.1 Å². The fraction of sp³-hybridized carbons (Fsp3) is 0.417. The monoisotopic (exact) mass is 188 g/mol. The van der Waals surface area contributed by atoms with Crippen LogP contribution in [0.15, 0.2) is 18.2 Å². The summed E-state index contributed by atoms with van der Waals surface area (Å²) < 4.78 is 0. The lowest BCUT2D eigenvalue weighted by Crippen LogP contribution is -2.33. The van der Waals surface area contributed by atoms with Gasteiger partial charge in [-0.3, -0.25) is 0 Å². The SMILES string of the molecule is Cc1cccc(C(C)(N)CC#N)c1C. The Morgan fingerprint density at radius 2 is 2.07 bits per heavy atom. The minimum atomic E-state index is -0.537. The van der Waals surface area contributed by atoms with Crippen molar-refractivity contribution in [3.8, 4) is 6.07 Å². The molecule has 1 aromatic rings. The first-order chi connectivity index (χ1) is 6.49. The molecule has 14 heavy (non-hydrogen) atoms. The quantitative estimate of drug-likeness (QED) is 0.774. The van der Waals surface area contributed by atoms with Crippen LogP contribution >= 0.6 is 0 Å². The molecule has 74 valence electrons. The lowest BCUT2D eigenvalue weighted by atomic mass is 9.86. The van der Waals surface area contributed by atoms with E-state index in [4.69, 9.17) is 11.0 Å². The number of benzene rings is 1. The lowest BCUT2D eigenvalue weighted by molar-refractivity contribution is 0.504. The van der Waals surface area contributed by atoms with Gasteiger partial charge in [0.1, 0.15) is 0 Å². The number of nitrogens with zero attached hydrogens (tertiary/aromatic N) is 1. The van der Waals surface area contributed by atoms with Crippen molar-refractivity contribution in [2.45, 2.75) is 32.7 Å². The molecule has 0 saturated heterocycles. The zero-order valence-electron chi connectivity index (χ0n) is 8.96. The molecule has 1 atom stereocenters. The number of hydrogen-bond donors (Lipinski definition) is 1. The molecule has 1 unspecified atom stereocenters. The average Bonchev–Trinajstić information content (AvgIpc) is 2.09. The highest BCUT2D eigenvalue weighted by atomic mass is 14.7. The molecule has 0 saturated carbocycles. The Morgan fingerprint density at radius 3 is 2.64 bits per heavy atom. The first-order valence-corrected chi connectivity index (χ1v) is 4.71. The third-order valence-electron chi connectivity index (χ3n) is 2.67. The maximum absolute atomic E-state index is 8.69. The van der Waals surface area contributed by atoms with Crippen LogP contribution in [0.3, 0.4) is 0 Å². The molecule has 2 heteroatoms. The molecule has 1 aromatic carbocycles. The van der Waals surface area contributed by atoms with E-state index >= 15 is 0 Å². The van der Waals surface area contributed by atoms with Gasteiger partial charge in [0.05, 0.1) is 18.0 Å². The summed E-state index contributed by atoms with van der Waals surface area (Å²) in [6, 6.07) is 8.17. The molecule has 0 bridgehead atoms. The molecule has 0 aliphatic carbocycles. The van der Waals surface area contributed by atoms with Crippen molar-refractivity contribution in [3.05, 3.63) is 34.9 Å². The molecule has 0 aliphatic rings. The Kier molecular flexibility index (Phi) is 2.93. The largest absolute Gasteiger partial charge is 0.321 e. The van der Waals surface area contributed by atoms with Crippen LogP contribution in [0.25, 0.3) is 0 Å². The smallest absolute Gasteiger partial charge is 0.0644 e. The highest BCUT2D eigenvalue weighted by molar-refractivity contribution is 5.38. The van der Waals surface area contributed by atoms with Gasteiger partial charge in [-0.15, -0.1) is 0 Å². The number of hydrogen-bond acceptors (Lipinski definition) is 2. The van der Waals surface area contributed by atoms with E-state index < -0.39 is 5.54 Å². The van der Waals surface area contributed by atoms with Crippen LogP contribution in [0.5, 0.6) is 0 Å². The topological polar surface area (TPSA) is 49.8 Å². The van der Waals surface area contributed by atoms with E-state index in [9.17, 15) is 0 Å². The van der Waals surface area contributed by atoms with Crippen molar-refractivity contribution in [1.29, 1.82) is 5.26 Å². The van der Waals surface area contributed by atoms with Crippen LogP contribution in [0.2, 0.25) is 0 Å². The van der Waals surface area contributed by atoms with Gasteiger partial charge in [-0.05, 0) is 37.5 Å². The molecule has 0 aliphatic heterocycles. The fourth-order valence-corrected chi connectivity index (χ4v) is 1.63. The first kappa shape index (κ1) is 10.7. The summed E-state index contributed by atoms with van der Waals surface area (Å²) in [7, 11) is 0. The van der Waals surface area contributed by atoms with E-state index in [0.717, 1.165) is 5.56 Å². The molecule has 0 radical (unpaired) electrons. The van der Waals surface area contributed by atoms with Gasteiger partial charge in [0.25, 0.3) is 0 Å². The minimum absolute atomic E-state index is 0.345. The van der Waals surface area contributed by atoms with Crippen molar-refractivity contribution in [2.75, 3.05) is 0 Å². The van der Waals surface area contributed by atoms with E-state index in [0.29, 0.717) is 6.42 Å².